The zero-order valence-corrected chi connectivity index (χ0v) is 23.8. The van der Waals surface area contributed by atoms with Gasteiger partial charge in [-0.1, -0.05) is 70.1 Å². The van der Waals surface area contributed by atoms with Gasteiger partial charge < -0.3 is 13.6 Å². The largest absolute Gasteiger partial charge is 0.647 e. The summed E-state index contributed by atoms with van der Waals surface area (Å²) in [6.45, 7) is 3.37. The number of hydrogen-bond donors (Lipinski definition) is 0. The molecule has 0 amide bonds. The minimum Gasteiger partial charge on any atom is -0.386 e. The van der Waals surface area contributed by atoms with Gasteiger partial charge in [-0.15, -0.1) is 0 Å². The van der Waals surface area contributed by atoms with E-state index in [1.807, 2.05) is 0 Å². The lowest BCUT2D eigenvalue weighted by atomic mass is 9.90. The molecule has 0 saturated carbocycles. The molecule has 16 heteroatoms. The van der Waals surface area contributed by atoms with E-state index in [1.165, 1.54) is 18.2 Å². The van der Waals surface area contributed by atoms with E-state index in [-0.39, 0.29) is 26.9 Å². The van der Waals surface area contributed by atoms with Gasteiger partial charge in [0.25, 0.3) is 0 Å². The first kappa shape index (κ1) is 28.5. The van der Waals surface area contributed by atoms with Gasteiger partial charge in [-0.2, -0.15) is 4.57 Å². The van der Waals surface area contributed by atoms with Crippen molar-refractivity contribution >= 4 is 77.2 Å². The number of halogens is 5. The van der Waals surface area contributed by atoms with E-state index >= 15 is 0 Å². The lowest BCUT2D eigenvalue weighted by Crippen LogP contribution is -2.24. The molecule has 4 rings (SSSR count). The Balaban J connectivity index is 2.12. The van der Waals surface area contributed by atoms with Crippen molar-refractivity contribution in [1.82, 2.24) is 0 Å². The zero-order valence-electron chi connectivity index (χ0n) is 19.1. The highest BCUT2D eigenvalue weighted by Gasteiger charge is 2.49. The first-order valence-corrected chi connectivity index (χ1v) is 13.7. The van der Waals surface area contributed by atoms with Crippen LogP contribution in [0.15, 0.2) is 42.5 Å². The Morgan fingerprint density at radius 1 is 0.868 bits per heavy atom. The number of benzene rings is 3. The van der Waals surface area contributed by atoms with Crippen LogP contribution in [0.25, 0.3) is 0 Å². The lowest BCUT2D eigenvalue weighted by molar-refractivity contribution is -0.385. The van der Waals surface area contributed by atoms with E-state index in [1.54, 1.807) is 26.0 Å². The van der Waals surface area contributed by atoms with Crippen LogP contribution < -0.4 is 13.6 Å². The second-order valence-corrected chi connectivity index (χ2v) is 12.8. The van der Waals surface area contributed by atoms with Crippen molar-refractivity contribution in [3.05, 3.63) is 95.0 Å². The molecule has 38 heavy (non-hydrogen) atoms. The molecule has 200 valence electrons. The molecule has 10 nitrogen and oxygen atoms in total. The fourth-order valence-corrected chi connectivity index (χ4v) is 6.37. The van der Waals surface area contributed by atoms with Crippen LogP contribution in [-0.4, -0.2) is 13.6 Å². The Morgan fingerprint density at radius 3 is 1.76 bits per heavy atom. The van der Waals surface area contributed by atoms with Gasteiger partial charge in [-0.05, 0) is 43.2 Å². The van der Waals surface area contributed by atoms with E-state index in [0.717, 1.165) is 12.1 Å². The number of nitrogens with zero attached hydrogens (tertiary/aromatic N) is 2. The highest BCUT2D eigenvalue weighted by molar-refractivity contribution is 7.49. The number of alkyl halides is 3. The monoisotopic (exact) mass is 640 g/mol. The van der Waals surface area contributed by atoms with Crippen molar-refractivity contribution in [2.24, 2.45) is 0 Å². The molecular formula is C22H14Cl5N2O8P. The minimum atomic E-state index is -4.98. The molecule has 1 aliphatic heterocycles. The quantitative estimate of drug-likeness (QED) is 0.119. The number of nitro benzene ring substituents is 2. The van der Waals surface area contributed by atoms with Crippen molar-refractivity contribution in [3.8, 4) is 17.2 Å². The maximum Gasteiger partial charge on any atom is 0.647 e. The van der Waals surface area contributed by atoms with Crippen LogP contribution in [0.2, 0.25) is 10.0 Å². The number of phosphoric acid groups is 1. The molecular weight excluding hydrogens is 628 g/mol. The lowest BCUT2D eigenvalue weighted by Gasteiger charge is -2.32. The van der Waals surface area contributed by atoms with Gasteiger partial charge in [0.05, 0.1) is 15.8 Å². The number of hydrogen-bond acceptors (Lipinski definition) is 8. The maximum atomic E-state index is 14.2. The molecule has 1 aliphatic rings. The third-order valence-electron chi connectivity index (χ3n) is 5.43. The molecule has 0 bridgehead atoms. The summed E-state index contributed by atoms with van der Waals surface area (Å²) in [6, 6.07) is 9.15. The Kier molecular flexibility index (Phi) is 7.71. The molecule has 0 N–H and O–H groups in total. The molecule has 0 fully saturated rings. The molecule has 0 radical (unpaired) electrons. The average Bonchev–Trinajstić information content (AvgIpc) is 2.77. The normalized spacial score (nSPS) is 18.7. The Hall–Kier alpha value is -2.46. The predicted molar refractivity (Wildman–Crippen MR) is 144 cm³/mol. The van der Waals surface area contributed by atoms with E-state index in [4.69, 9.17) is 71.6 Å². The van der Waals surface area contributed by atoms with Crippen LogP contribution in [0.4, 0.5) is 11.4 Å². The maximum absolute atomic E-state index is 14.2. The van der Waals surface area contributed by atoms with Gasteiger partial charge in [0.1, 0.15) is 5.75 Å². The molecule has 0 aromatic heterocycles. The Bertz CT molecular complexity index is 1470. The molecule has 0 unspecified atom stereocenters. The average molecular weight is 643 g/mol. The van der Waals surface area contributed by atoms with Crippen LogP contribution in [0, 0.1) is 34.1 Å². The SMILES string of the molecule is Cc1ccc(C)c(OP2(=O)Oc3c(cc(Cl)cc3[N+](=O)[O-])C(C(Cl)(Cl)Cl)c3cc(Cl)cc([N+](=O)[O-])c3O2)c1. The highest BCUT2D eigenvalue weighted by Crippen LogP contribution is 2.62. The van der Waals surface area contributed by atoms with E-state index in [9.17, 15) is 24.8 Å². The van der Waals surface area contributed by atoms with Gasteiger partial charge in [0, 0.05) is 33.3 Å². The fourth-order valence-electron chi connectivity index (χ4n) is 3.82. The fraction of sp³-hybridized carbons (Fsp3) is 0.182. The summed E-state index contributed by atoms with van der Waals surface area (Å²) < 4.78 is 28.7. The van der Waals surface area contributed by atoms with Gasteiger partial charge in [-0.3, -0.25) is 20.2 Å². The summed E-state index contributed by atoms with van der Waals surface area (Å²) in [5.41, 5.74) is -0.752. The topological polar surface area (TPSA) is 131 Å². The van der Waals surface area contributed by atoms with Crippen molar-refractivity contribution in [2.45, 2.75) is 23.6 Å². The van der Waals surface area contributed by atoms with Crippen LogP contribution in [-0.2, 0) is 4.57 Å². The number of aryl methyl sites for hydroxylation is 2. The number of fused-ring (bicyclic) bond motifs is 2. The second kappa shape index (κ2) is 10.3. The summed E-state index contributed by atoms with van der Waals surface area (Å²) in [6.07, 6.45) is 0. The molecule has 0 atom stereocenters. The number of rotatable bonds is 4. The summed E-state index contributed by atoms with van der Waals surface area (Å²) in [5, 5.41) is 23.6. The van der Waals surface area contributed by atoms with Crippen molar-refractivity contribution in [3.63, 3.8) is 0 Å². The predicted octanol–water partition coefficient (Wildman–Crippen LogP) is 8.89. The zero-order chi connectivity index (χ0) is 28.2. The van der Waals surface area contributed by atoms with E-state index in [2.05, 4.69) is 0 Å². The number of phosphoric ester groups is 1. The molecule has 0 spiro atoms. The van der Waals surface area contributed by atoms with Gasteiger partial charge in [-0.25, -0.2) is 0 Å². The Labute approximate surface area is 240 Å². The third-order valence-corrected chi connectivity index (χ3v) is 7.75. The molecule has 0 aliphatic carbocycles. The van der Waals surface area contributed by atoms with Crippen molar-refractivity contribution in [2.75, 3.05) is 0 Å². The van der Waals surface area contributed by atoms with Gasteiger partial charge in [0.15, 0.2) is 0 Å². The molecule has 3 aromatic rings. The third kappa shape index (κ3) is 5.61. The summed E-state index contributed by atoms with van der Waals surface area (Å²) >= 11 is 31.2. The Morgan fingerprint density at radius 2 is 1.34 bits per heavy atom. The summed E-state index contributed by atoms with van der Waals surface area (Å²) in [7, 11) is -4.98. The number of nitro groups is 2. The molecule has 0 saturated heterocycles. The van der Waals surface area contributed by atoms with Crippen LogP contribution >= 0.6 is 65.8 Å². The smallest absolute Gasteiger partial charge is 0.386 e. The second-order valence-electron chi connectivity index (χ2n) is 8.17. The first-order chi connectivity index (χ1) is 17.6. The van der Waals surface area contributed by atoms with Crippen molar-refractivity contribution < 1.29 is 28.0 Å². The summed E-state index contributed by atoms with van der Waals surface area (Å²) in [4.78, 5) is 22.2. The molecule has 3 aromatic carbocycles. The van der Waals surface area contributed by atoms with Crippen LogP contribution in [0.1, 0.15) is 28.2 Å². The standard InChI is InChI=1S/C22H14Cl5N2O8P/c1-10-3-4-11(2)18(5-10)35-38(34)36-20-14(6-12(23)8-16(20)28(30)31)19(22(25,26)27)15-7-13(24)9-17(29(32)33)21(15)37-38/h3-9,19H,1-2H3. The highest BCUT2D eigenvalue weighted by atomic mass is 35.6. The first-order valence-electron chi connectivity index (χ1n) is 10.4. The minimum absolute atomic E-state index is 0.0307. The molecule has 1 heterocycles. The van der Waals surface area contributed by atoms with Crippen LogP contribution in [0.3, 0.4) is 0 Å². The van der Waals surface area contributed by atoms with E-state index < -0.39 is 50.3 Å². The summed E-state index contributed by atoms with van der Waals surface area (Å²) in [5.74, 6) is -2.78. The van der Waals surface area contributed by atoms with Crippen LogP contribution in [0.5, 0.6) is 17.2 Å². The van der Waals surface area contributed by atoms with Gasteiger partial charge in [0.2, 0.25) is 15.3 Å². The van der Waals surface area contributed by atoms with Gasteiger partial charge >= 0.3 is 19.2 Å². The van der Waals surface area contributed by atoms with Crippen molar-refractivity contribution in [1.29, 1.82) is 0 Å². The van der Waals surface area contributed by atoms with E-state index in [0.29, 0.717) is 11.1 Å².